The summed E-state index contributed by atoms with van der Waals surface area (Å²) in [6.45, 7) is 3.79. The minimum Gasteiger partial charge on any atom is -0.448 e. The third-order valence-corrected chi connectivity index (χ3v) is 7.36. The van der Waals surface area contributed by atoms with Crippen molar-refractivity contribution >= 4 is 5.97 Å². The molecule has 0 aromatic heterocycles. The summed E-state index contributed by atoms with van der Waals surface area (Å²) >= 11 is 0. The molecule has 0 spiro atoms. The van der Waals surface area contributed by atoms with E-state index in [1.807, 2.05) is 0 Å². The molecule has 2 nitrogen and oxygen atoms in total. The van der Waals surface area contributed by atoms with Crippen LogP contribution in [0, 0.1) is 23.0 Å². The molecule has 29 heavy (non-hydrogen) atoms. The smallest absolute Gasteiger partial charge is 0.342 e. The highest BCUT2D eigenvalue weighted by Gasteiger charge is 2.56. The second kappa shape index (κ2) is 7.13. The molecule has 0 aliphatic heterocycles. The Bertz CT molecular complexity index is 860. The summed E-state index contributed by atoms with van der Waals surface area (Å²) < 4.78 is 63.7. The second-order valence-corrected chi connectivity index (χ2v) is 9.36. The van der Waals surface area contributed by atoms with Gasteiger partial charge >= 0.3 is 5.97 Å². The van der Waals surface area contributed by atoms with Crippen molar-refractivity contribution in [3.05, 3.63) is 46.5 Å². The third kappa shape index (κ3) is 3.28. The molecule has 0 heterocycles. The van der Waals surface area contributed by atoms with Crippen molar-refractivity contribution in [2.45, 2.75) is 76.7 Å². The molecule has 5 rings (SSSR count). The molecular formula is C23H26F4O2. The molecule has 158 valence electrons. The standard InChI is InChI=1S/C23H26F4O2/c1-13-3-5-14(6-4-13)15-7-8-16(18(25)17(15)24)21(28)29-23-11-9-22(2,10-12-23)19(26)20(23)27/h7-8,13-14H,3-6,9-12H2,1-2H3. The van der Waals surface area contributed by atoms with E-state index in [1.165, 1.54) is 12.1 Å². The van der Waals surface area contributed by atoms with Crippen LogP contribution in [0.25, 0.3) is 0 Å². The molecule has 0 N–H and O–H groups in total. The summed E-state index contributed by atoms with van der Waals surface area (Å²) in [7, 11) is 0. The SMILES string of the molecule is CC1CCC(c2ccc(C(=O)OC34CCC(C)(CC3)C(F)=C4F)c(F)c2F)CC1. The highest BCUT2D eigenvalue weighted by atomic mass is 19.2. The van der Waals surface area contributed by atoms with E-state index in [0.29, 0.717) is 18.8 Å². The van der Waals surface area contributed by atoms with Crippen LogP contribution in [0.1, 0.15) is 87.1 Å². The van der Waals surface area contributed by atoms with Crippen molar-refractivity contribution in [3.8, 4) is 0 Å². The molecule has 6 heteroatoms. The van der Waals surface area contributed by atoms with E-state index in [0.717, 1.165) is 25.7 Å². The first-order chi connectivity index (χ1) is 13.7. The quantitative estimate of drug-likeness (QED) is 0.400. The lowest BCUT2D eigenvalue weighted by Gasteiger charge is -2.48. The minimum absolute atomic E-state index is 0.0757. The lowest BCUT2D eigenvalue weighted by Crippen LogP contribution is -2.48. The van der Waals surface area contributed by atoms with Crippen LogP contribution in [-0.4, -0.2) is 11.6 Å². The first-order valence-electron chi connectivity index (χ1n) is 10.4. The first-order valence-corrected chi connectivity index (χ1v) is 10.4. The fourth-order valence-corrected chi connectivity index (χ4v) is 5.10. The van der Waals surface area contributed by atoms with Crippen LogP contribution in [0.5, 0.6) is 0 Å². The van der Waals surface area contributed by atoms with Crippen LogP contribution >= 0.6 is 0 Å². The second-order valence-electron chi connectivity index (χ2n) is 9.36. The van der Waals surface area contributed by atoms with Crippen molar-refractivity contribution in [2.75, 3.05) is 0 Å². The summed E-state index contributed by atoms with van der Waals surface area (Å²) in [5.74, 6) is -4.95. The fraction of sp³-hybridized carbons (Fsp3) is 0.609. The Hall–Kier alpha value is -1.85. The Morgan fingerprint density at radius 2 is 1.55 bits per heavy atom. The molecule has 1 aromatic rings. The Balaban J connectivity index is 1.58. The van der Waals surface area contributed by atoms with Crippen molar-refractivity contribution < 1.29 is 27.1 Å². The van der Waals surface area contributed by atoms with E-state index in [1.54, 1.807) is 6.92 Å². The lowest BCUT2D eigenvalue weighted by molar-refractivity contribution is -0.0645. The average molecular weight is 410 g/mol. The maximum Gasteiger partial charge on any atom is 0.342 e. The third-order valence-electron chi connectivity index (χ3n) is 7.36. The molecule has 0 amide bonds. The van der Waals surface area contributed by atoms with Gasteiger partial charge in [0, 0.05) is 5.41 Å². The van der Waals surface area contributed by atoms with E-state index in [2.05, 4.69) is 6.92 Å². The number of hydrogen-bond acceptors (Lipinski definition) is 2. The number of benzene rings is 1. The van der Waals surface area contributed by atoms with Crippen molar-refractivity contribution in [1.82, 2.24) is 0 Å². The zero-order chi connectivity index (χ0) is 21.0. The summed E-state index contributed by atoms with van der Waals surface area (Å²) in [5, 5.41) is 0. The molecule has 0 unspecified atom stereocenters. The Kier molecular flexibility index (Phi) is 5.02. The largest absolute Gasteiger partial charge is 0.448 e. The molecule has 0 atom stereocenters. The number of rotatable bonds is 3. The number of carbonyl (C=O) groups is 1. The van der Waals surface area contributed by atoms with Gasteiger partial charge in [0.25, 0.3) is 0 Å². The summed E-state index contributed by atoms with van der Waals surface area (Å²) in [6, 6.07) is 2.64. The Morgan fingerprint density at radius 3 is 2.17 bits per heavy atom. The van der Waals surface area contributed by atoms with Gasteiger partial charge in [-0.2, -0.15) is 0 Å². The van der Waals surface area contributed by atoms with Crippen LogP contribution in [-0.2, 0) is 4.74 Å². The molecular weight excluding hydrogens is 384 g/mol. The summed E-state index contributed by atoms with van der Waals surface area (Å²) in [6.07, 6.45) is 4.41. The molecule has 0 saturated heterocycles. The maximum atomic E-state index is 14.7. The number of halogens is 4. The molecule has 2 bridgehead atoms. The Labute approximate surface area is 168 Å². The Morgan fingerprint density at radius 1 is 0.931 bits per heavy atom. The fourth-order valence-electron chi connectivity index (χ4n) is 5.10. The zero-order valence-electron chi connectivity index (χ0n) is 16.8. The molecule has 2 saturated carbocycles. The van der Waals surface area contributed by atoms with Gasteiger partial charge in [-0.3, -0.25) is 0 Å². The van der Waals surface area contributed by atoms with E-state index >= 15 is 0 Å². The van der Waals surface area contributed by atoms with Gasteiger partial charge in [0.15, 0.2) is 23.1 Å². The molecule has 1 aromatic carbocycles. The van der Waals surface area contributed by atoms with E-state index in [-0.39, 0.29) is 24.3 Å². The minimum atomic E-state index is -1.71. The van der Waals surface area contributed by atoms with E-state index in [4.69, 9.17) is 4.74 Å². The normalized spacial score (nSPS) is 34.4. The van der Waals surface area contributed by atoms with Gasteiger partial charge in [-0.15, -0.1) is 0 Å². The van der Waals surface area contributed by atoms with Crippen molar-refractivity contribution in [1.29, 1.82) is 0 Å². The molecule has 4 aliphatic rings. The predicted molar refractivity (Wildman–Crippen MR) is 101 cm³/mol. The zero-order valence-corrected chi connectivity index (χ0v) is 16.8. The first kappa shape index (κ1) is 20.4. The van der Waals surface area contributed by atoms with Gasteiger partial charge in [0.05, 0.1) is 5.56 Å². The predicted octanol–water partition coefficient (Wildman–Crippen LogP) is 6.90. The van der Waals surface area contributed by atoms with Crippen LogP contribution in [0.15, 0.2) is 23.8 Å². The van der Waals surface area contributed by atoms with Gasteiger partial charge in [0.2, 0.25) is 0 Å². The van der Waals surface area contributed by atoms with Crippen molar-refractivity contribution in [2.24, 2.45) is 11.3 Å². The maximum absolute atomic E-state index is 14.7. The van der Waals surface area contributed by atoms with Crippen LogP contribution in [0.3, 0.4) is 0 Å². The van der Waals surface area contributed by atoms with E-state index < -0.39 is 45.8 Å². The van der Waals surface area contributed by atoms with Gasteiger partial charge < -0.3 is 4.74 Å². The number of hydrogen-bond donors (Lipinski definition) is 0. The summed E-state index contributed by atoms with van der Waals surface area (Å²) in [4.78, 5) is 12.6. The van der Waals surface area contributed by atoms with E-state index in [9.17, 15) is 22.4 Å². The van der Waals surface area contributed by atoms with Crippen LogP contribution in [0.4, 0.5) is 17.6 Å². The van der Waals surface area contributed by atoms with Gasteiger partial charge in [-0.25, -0.2) is 22.4 Å². The van der Waals surface area contributed by atoms with Crippen LogP contribution in [0.2, 0.25) is 0 Å². The highest BCUT2D eigenvalue weighted by molar-refractivity contribution is 5.90. The topological polar surface area (TPSA) is 26.3 Å². The monoisotopic (exact) mass is 410 g/mol. The number of esters is 1. The molecule has 0 radical (unpaired) electrons. The highest BCUT2D eigenvalue weighted by Crippen LogP contribution is 2.57. The van der Waals surface area contributed by atoms with Gasteiger partial charge in [-0.1, -0.05) is 32.8 Å². The number of fused-ring (bicyclic) bond motifs is 2. The summed E-state index contributed by atoms with van der Waals surface area (Å²) in [5.41, 5.74) is -2.88. The van der Waals surface area contributed by atoms with Gasteiger partial charge in [-0.05, 0) is 62.0 Å². The van der Waals surface area contributed by atoms with Crippen molar-refractivity contribution in [3.63, 3.8) is 0 Å². The number of ether oxygens (including phenoxy) is 1. The average Bonchev–Trinajstić information content (AvgIpc) is 2.70. The molecule has 4 aliphatic carbocycles. The van der Waals surface area contributed by atoms with Gasteiger partial charge in [0.1, 0.15) is 5.83 Å². The number of carbonyl (C=O) groups excluding carboxylic acids is 1. The van der Waals surface area contributed by atoms with Crippen LogP contribution < -0.4 is 0 Å². The lowest BCUT2D eigenvalue weighted by atomic mass is 9.63. The molecule has 2 fully saturated rings. The number of allylic oxidation sites excluding steroid dienone is 1.